The summed E-state index contributed by atoms with van der Waals surface area (Å²) in [5, 5.41) is 11.2. The number of nitrogens with zero attached hydrogens (tertiary/aromatic N) is 1. The zero-order chi connectivity index (χ0) is 13.2. The molecule has 1 aliphatic heterocycles. The van der Waals surface area contributed by atoms with Crippen molar-refractivity contribution in [2.24, 2.45) is 0 Å². The average molecular weight is 257 g/mol. The molecule has 0 aromatic heterocycles. The van der Waals surface area contributed by atoms with E-state index in [4.69, 9.17) is 4.43 Å². The number of hydrogen-bond acceptors (Lipinski definition) is 2. The van der Waals surface area contributed by atoms with Crippen molar-refractivity contribution in [1.82, 2.24) is 0 Å². The van der Waals surface area contributed by atoms with Crippen LogP contribution < -0.4 is 0 Å². The van der Waals surface area contributed by atoms with Gasteiger partial charge in [-0.3, -0.25) is 0 Å². The highest BCUT2D eigenvalue weighted by Gasteiger charge is 2.47. The summed E-state index contributed by atoms with van der Waals surface area (Å²) >= 11 is 0. The second-order valence-electron chi connectivity index (χ2n) is 6.08. The molecule has 0 saturated carbocycles. The summed E-state index contributed by atoms with van der Waals surface area (Å²) in [5.74, 6) is 0. The van der Waals surface area contributed by atoms with Crippen LogP contribution in [0.15, 0.2) is 0 Å². The van der Waals surface area contributed by atoms with E-state index in [0.717, 1.165) is 11.2 Å². The Balaban J connectivity index is 2.83. The monoisotopic (exact) mass is 257 g/mol. The molecule has 1 atom stereocenters. The Kier molecular flexibility index (Phi) is 4.78. The smallest absolute Gasteiger partial charge is 0.201 e. The molecule has 0 amide bonds. The number of hydrogen-bond donors (Lipinski definition) is 0. The first kappa shape index (κ1) is 14.7. The van der Waals surface area contributed by atoms with Gasteiger partial charge >= 0.3 is 0 Å². The van der Waals surface area contributed by atoms with Crippen LogP contribution in [0.5, 0.6) is 0 Å². The van der Waals surface area contributed by atoms with Crippen molar-refractivity contribution in [3.8, 4) is 0 Å². The van der Waals surface area contributed by atoms with Crippen molar-refractivity contribution >= 4 is 14.5 Å². The molecule has 1 rings (SSSR count). The van der Waals surface area contributed by atoms with E-state index in [0.29, 0.717) is 23.2 Å². The highest BCUT2D eigenvalue weighted by atomic mass is 28.4. The van der Waals surface area contributed by atoms with Crippen molar-refractivity contribution in [3.63, 3.8) is 0 Å². The molecule has 0 bridgehead atoms. The van der Waals surface area contributed by atoms with E-state index in [-0.39, 0.29) is 6.10 Å². The molecular weight excluding hydrogens is 230 g/mol. The molecule has 17 heavy (non-hydrogen) atoms. The van der Waals surface area contributed by atoms with Crippen molar-refractivity contribution < 1.29 is 9.16 Å². The largest absolute Gasteiger partial charge is 0.624 e. The summed E-state index contributed by atoms with van der Waals surface area (Å²) in [6.45, 7) is 14.2. The molecule has 3 nitrogen and oxygen atoms in total. The van der Waals surface area contributed by atoms with Gasteiger partial charge in [-0.25, -0.2) is 4.74 Å². The first-order valence-corrected chi connectivity index (χ1v) is 8.89. The summed E-state index contributed by atoms with van der Waals surface area (Å²) < 4.78 is 7.54. The lowest BCUT2D eigenvalue weighted by Crippen LogP contribution is -2.50. The van der Waals surface area contributed by atoms with Crippen LogP contribution in [0, 0.1) is 5.21 Å². The van der Waals surface area contributed by atoms with E-state index >= 15 is 0 Å². The van der Waals surface area contributed by atoms with Crippen LogP contribution in [0.4, 0.5) is 0 Å². The Labute approximate surface area is 107 Å². The molecule has 0 fully saturated rings. The standard InChI is InChI=1S/C13H27NO2Si/c1-10(2)17(11(3)4,12(5)6)16-13-7-8-14(15)9-13/h8,10-13H,7,9H2,1-6H3/t13-/m1/s1. The molecule has 1 heterocycles. The summed E-state index contributed by atoms with van der Waals surface area (Å²) in [6.07, 6.45) is 2.61. The molecule has 0 radical (unpaired) electrons. The molecule has 0 spiro atoms. The van der Waals surface area contributed by atoms with Gasteiger partial charge in [0.05, 0.1) is 6.42 Å². The topological polar surface area (TPSA) is 35.3 Å². The van der Waals surface area contributed by atoms with Gasteiger partial charge in [-0.05, 0) is 16.6 Å². The molecule has 0 aromatic rings. The van der Waals surface area contributed by atoms with Crippen molar-refractivity contribution in [3.05, 3.63) is 5.21 Å². The zero-order valence-corrected chi connectivity index (χ0v) is 13.1. The minimum absolute atomic E-state index is 0.117. The summed E-state index contributed by atoms with van der Waals surface area (Å²) in [7, 11) is -1.81. The molecule has 4 heteroatoms. The van der Waals surface area contributed by atoms with Gasteiger partial charge in [0, 0.05) is 0 Å². The van der Waals surface area contributed by atoms with Crippen LogP contribution in [0.1, 0.15) is 48.0 Å². The third-order valence-corrected chi connectivity index (χ3v) is 10.2. The molecule has 0 aliphatic carbocycles. The van der Waals surface area contributed by atoms with Crippen molar-refractivity contribution in [2.75, 3.05) is 6.54 Å². The lowest BCUT2D eigenvalue weighted by atomic mass is 10.3. The fourth-order valence-electron chi connectivity index (χ4n) is 3.37. The molecular formula is C13H27NO2Si. The molecule has 0 saturated heterocycles. The van der Waals surface area contributed by atoms with Crippen LogP contribution in [0.3, 0.4) is 0 Å². The Morgan fingerprint density at radius 2 is 1.59 bits per heavy atom. The summed E-state index contributed by atoms with van der Waals surface area (Å²) in [6, 6.07) is 0. The first-order valence-electron chi connectivity index (χ1n) is 6.75. The van der Waals surface area contributed by atoms with Crippen LogP contribution in [-0.2, 0) is 4.43 Å². The van der Waals surface area contributed by atoms with Gasteiger partial charge < -0.3 is 9.63 Å². The fourth-order valence-corrected chi connectivity index (χ4v) is 8.93. The van der Waals surface area contributed by atoms with Gasteiger partial charge in [-0.15, -0.1) is 0 Å². The second-order valence-corrected chi connectivity index (χ2v) is 11.5. The second kappa shape index (κ2) is 5.53. The molecule has 1 aliphatic rings. The zero-order valence-electron chi connectivity index (χ0n) is 12.1. The van der Waals surface area contributed by atoms with Gasteiger partial charge in [0.2, 0.25) is 8.32 Å². The van der Waals surface area contributed by atoms with E-state index in [1.54, 1.807) is 6.21 Å². The minimum Gasteiger partial charge on any atom is -0.624 e. The Hall–Kier alpha value is -0.353. The predicted octanol–water partition coefficient (Wildman–Crippen LogP) is 3.53. The van der Waals surface area contributed by atoms with Gasteiger partial charge in [-0.1, -0.05) is 41.5 Å². The quantitative estimate of drug-likeness (QED) is 0.429. The highest BCUT2D eigenvalue weighted by Crippen LogP contribution is 2.43. The third-order valence-electron chi connectivity index (χ3n) is 4.03. The van der Waals surface area contributed by atoms with Gasteiger partial charge in [0.1, 0.15) is 6.10 Å². The lowest BCUT2D eigenvalue weighted by molar-refractivity contribution is -0.451. The molecule has 0 aromatic carbocycles. The Morgan fingerprint density at radius 3 is 1.88 bits per heavy atom. The van der Waals surface area contributed by atoms with Gasteiger partial charge in [-0.2, -0.15) is 0 Å². The fraction of sp³-hybridized carbons (Fsp3) is 0.923. The molecule has 0 N–H and O–H groups in total. The van der Waals surface area contributed by atoms with Crippen molar-refractivity contribution in [2.45, 2.75) is 70.7 Å². The molecule has 0 unspecified atom stereocenters. The van der Waals surface area contributed by atoms with Gasteiger partial charge in [0.15, 0.2) is 12.8 Å². The predicted molar refractivity (Wildman–Crippen MR) is 75.1 cm³/mol. The number of rotatable bonds is 5. The lowest BCUT2D eigenvalue weighted by Gasteiger charge is -2.43. The van der Waals surface area contributed by atoms with Gasteiger partial charge in [0.25, 0.3) is 0 Å². The highest BCUT2D eigenvalue weighted by molar-refractivity contribution is 6.77. The normalized spacial score (nSPS) is 21.7. The maximum Gasteiger partial charge on any atom is 0.201 e. The first-order chi connectivity index (χ1) is 7.80. The minimum atomic E-state index is -1.81. The van der Waals surface area contributed by atoms with E-state index < -0.39 is 8.32 Å². The third kappa shape index (κ3) is 2.91. The van der Waals surface area contributed by atoms with Crippen molar-refractivity contribution in [1.29, 1.82) is 0 Å². The Morgan fingerprint density at radius 1 is 1.12 bits per heavy atom. The average Bonchev–Trinajstić information content (AvgIpc) is 2.58. The van der Waals surface area contributed by atoms with Crippen LogP contribution in [-0.4, -0.2) is 31.9 Å². The molecule has 100 valence electrons. The number of hydroxylamine groups is 1. The summed E-state index contributed by atoms with van der Waals surface area (Å²) in [5.41, 5.74) is 1.76. The van der Waals surface area contributed by atoms with Crippen LogP contribution in [0.2, 0.25) is 16.6 Å². The van der Waals surface area contributed by atoms with Crippen LogP contribution in [0.25, 0.3) is 0 Å². The van der Waals surface area contributed by atoms with E-state index in [9.17, 15) is 5.21 Å². The SMILES string of the molecule is CC(C)[Si](O[C@@H]1CC=[N+]([O-])C1)(C(C)C)C(C)C. The van der Waals surface area contributed by atoms with E-state index in [2.05, 4.69) is 41.5 Å². The maximum absolute atomic E-state index is 11.2. The van der Waals surface area contributed by atoms with E-state index in [1.807, 2.05) is 0 Å². The van der Waals surface area contributed by atoms with E-state index in [1.165, 1.54) is 0 Å². The maximum atomic E-state index is 11.2. The Bertz CT molecular complexity index is 265. The summed E-state index contributed by atoms with van der Waals surface area (Å²) in [4.78, 5) is 0. The van der Waals surface area contributed by atoms with Crippen LogP contribution >= 0.6 is 0 Å².